The topological polar surface area (TPSA) is 55.5 Å². The van der Waals surface area contributed by atoms with Crippen LogP contribution in [0, 0.1) is 5.92 Å². The maximum atomic E-state index is 12.8. The number of ketones is 1. The van der Waals surface area contributed by atoms with Gasteiger partial charge in [-0.3, -0.25) is 4.79 Å². The number of rotatable bonds is 3. The summed E-state index contributed by atoms with van der Waals surface area (Å²) in [5.74, 6) is 1.36. The first kappa shape index (κ1) is 15.5. The molecule has 124 valence electrons. The molecular formula is C21H18N2O2. The Balaban J connectivity index is 1.92. The number of aromatic nitrogens is 1. The maximum Gasteiger partial charge on any atom is 0.216 e. The Labute approximate surface area is 146 Å². The molecule has 0 radical (unpaired) electrons. The van der Waals surface area contributed by atoms with Gasteiger partial charge in [0.25, 0.3) is 0 Å². The highest BCUT2D eigenvalue weighted by atomic mass is 16.4. The lowest BCUT2D eigenvalue weighted by Crippen LogP contribution is -2.20. The number of nitrogens with zero attached hydrogens (tertiary/aromatic N) is 2. The number of oxazole rings is 1. The number of carbonyl (C=O) groups is 1. The predicted molar refractivity (Wildman–Crippen MR) is 96.7 cm³/mol. The van der Waals surface area contributed by atoms with Crippen molar-refractivity contribution in [3.63, 3.8) is 0 Å². The zero-order valence-electron chi connectivity index (χ0n) is 14.2. The van der Waals surface area contributed by atoms with Gasteiger partial charge in [0.15, 0.2) is 17.3 Å². The molecule has 0 amide bonds. The van der Waals surface area contributed by atoms with Crippen molar-refractivity contribution < 1.29 is 9.21 Å². The number of aliphatic imine (C=N–C) groups is 1. The van der Waals surface area contributed by atoms with Gasteiger partial charge >= 0.3 is 0 Å². The number of fused-ring (bicyclic) bond motifs is 2. The number of benzene rings is 2. The zero-order chi connectivity index (χ0) is 17.4. The van der Waals surface area contributed by atoms with Gasteiger partial charge in [0, 0.05) is 17.5 Å². The summed E-state index contributed by atoms with van der Waals surface area (Å²) in [6.07, 6.45) is 0.690. The molecule has 25 heavy (non-hydrogen) atoms. The minimum atomic E-state index is -0.101. The predicted octanol–water partition coefficient (Wildman–Crippen LogP) is 4.59. The molecule has 0 spiro atoms. The fourth-order valence-electron chi connectivity index (χ4n) is 3.00. The molecule has 1 heterocycles. The van der Waals surface area contributed by atoms with Gasteiger partial charge in [-0.2, -0.15) is 0 Å². The summed E-state index contributed by atoms with van der Waals surface area (Å²) >= 11 is 0. The summed E-state index contributed by atoms with van der Waals surface area (Å²) in [7, 11) is 0. The fourth-order valence-corrected chi connectivity index (χ4v) is 3.00. The third kappa shape index (κ3) is 2.80. The molecule has 1 aliphatic rings. The van der Waals surface area contributed by atoms with Crippen molar-refractivity contribution in [2.24, 2.45) is 10.9 Å². The van der Waals surface area contributed by atoms with Crippen molar-refractivity contribution in [3.05, 3.63) is 83.1 Å². The first-order chi connectivity index (χ1) is 12.1. The van der Waals surface area contributed by atoms with Crippen LogP contribution in [0.3, 0.4) is 0 Å². The standard InChI is InChI=1S/C21H18N2O2/c1-13(2)12-17-23-19-20(24)16-11-7-6-10-15(16)18(21(19)25-17)22-14-8-4-3-5-9-14/h3-11,13H,12H2,1-2H3. The van der Waals surface area contributed by atoms with Crippen LogP contribution in [0.25, 0.3) is 0 Å². The lowest BCUT2D eigenvalue weighted by atomic mass is 9.90. The second-order valence-electron chi connectivity index (χ2n) is 6.55. The van der Waals surface area contributed by atoms with Gasteiger partial charge in [-0.05, 0) is 18.1 Å². The minimum absolute atomic E-state index is 0.101. The monoisotopic (exact) mass is 330 g/mol. The highest BCUT2D eigenvalue weighted by Crippen LogP contribution is 2.30. The van der Waals surface area contributed by atoms with E-state index >= 15 is 0 Å². The van der Waals surface area contributed by atoms with Gasteiger partial charge in [0.1, 0.15) is 5.71 Å². The molecule has 0 bridgehead atoms. The normalized spacial score (nSPS) is 14.7. The maximum absolute atomic E-state index is 12.8. The molecule has 4 nitrogen and oxygen atoms in total. The van der Waals surface area contributed by atoms with E-state index in [1.165, 1.54) is 0 Å². The Kier molecular flexibility index (Phi) is 3.80. The number of para-hydroxylation sites is 1. The lowest BCUT2D eigenvalue weighted by Gasteiger charge is -2.15. The van der Waals surface area contributed by atoms with Crippen LogP contribution in [0.2, 0.25) is 0 Å². The lowest BCUT2D eigenvalue weighted by molar-refractivity contribution is 0.103. The molecule has 0 saturated heterocycles. The van der Waals surface area contributed by atoms with E-state index in [-0.39, 0.29) is 5.78 Å². The SMILES string of the molecule is CC(C)Cc1nc2c(o1)C(=Nc1ccccc1)c1ccccc1C2=O. The second-order valence-corrected chi connectivity index (χ2v) is 6.55. The van der Waals surface area contributed by atoms with Crippen molar-refractivity contribution in [1.29, 1.82) is 0 Å². The molecule has 4 rings (SSSR count). The van der Waals surface area contributed by atoms with Gasteiger partial charge in [-0.15, -0.1) is 0 Å². The van der Waals surface area contributed by atoms with Crippen LogP contribution in [0.5, 0.6) is 0 Å². The Morgan fingerprint density at radius 3 is 2.40 bits per heavy atom. The molecule has 0 fully saturated rings. The molecule has 1 aliphatic carbocycles. The van der Waals surface area contributed by atoms with Crippen molar-refractivity contribution in [2.75, 3.05) is 0 Å². The molecule has 2 aromatic carbocycles. The molecule has 0 N–H and O–H groups in total. The summed E-state index contributed by atoms with van der Waals surface area (Å²) in [5, 5.41) is 0. The summed E-state index contributed by atoms with van der Waals surface area (Å²) < 4.78 is 5.97. The van der Waals surface area contributed by atoms with Crippen LogP contribution in [0.15, 0.2) is 64.0 Å². The quantitative estimate of drug-likeness (QED) is 0.552. The molecule has 0 saturated carbocycles. The van der Waals surface area contributed by atoms with E-state index in [9.17, 15) is 4.79 Å². The second kappa shape index (κ2) is 6.13. The summed E-state index contributed by atoms with van der Waals surface area (Å²) in [6, 6.07) is 17.2. The minimum Gasteiger partial charge on any atom is -0.438 e. The van der Waals surface area contributed by atoms with Gasteiger partial charge in [0.05, 0.1) is 5.69 Å². The molecule has 1 aromatic heterocycles. The largest absolute Gasteiger partial charge is 0.438 e. The van der Waals surface area contributed by atoms with E-state index in [0.717, 1.165) is 11.3 Å². The van der Waals surface area contributed by atoms with E-state index < -0.39 is 0 Å². The molecular weight excluding hydrogens is 312 g/mol. The molecule has 0 aliphatic heterocycles. The van der Waals surface area contributed by atoms with Crippen molar-refractivity contribution in [2.45, 2.75) is 20.3 Å². The first-order valence-corrected chi connectivity index (χ1v) is 8.41. The molecule has 0 atom stereocenters. The average Bonchev–Trinajstić information content (AvgIpc) is 3.03. The Bertz CT molecular complexity index is 969. The highest BCUT2D eigenvalue weighted by Gasteiger charge is 2.33. The van der Waals surface area contributed by atoms with Gasteiger partial charge < -0.3 is 4.42 Å². The summed E-state index contributed by atoms with van der Waals surface area (Å²) in [4.78, 5) is 22.1. The number of hydrogen-bond acceptors (Lipinski definition) is 4. The van der Waals surface area contributed by atoms with Gasteiger partial charge in [-0.1, -0.05) is 56.3 Å². The first-order valence-electron chi connectivity index (χ1n) is 8.41. The van der Waals surface area contributed by atoms with E-state index in [1.54, 1.807) is 0 Å². The van der Waals surface area contributed by atoms with Crippen molar-refractivity contribution >= 4 is 17.2 Å². The van der Waals surface area contributed by atoms with Crippen LogP contribution >= 0.6 is 0 Å². The number of hydrogen-bond donors (Lipinski definition) is 0. The third-order valence-corrected chi connectivity index (χ3v) is 4.11. The van der Waals surface area contributed by atoms with Crippen molar-refractivity contribution in [3.8, 4) is 0 Å². The van der Waals surface area contributed by atoms with E-state index in [0.29, 0.717) is 41.0 Å². The van der Waals surface area contributed by atoms with Crippen LogP contribution in [-0.2, 0) is 6.42 Å². The van der Waals surface area contributed by atoms with Crippen LogP contribution in [0.1, 0.15) is 47.1 Å². The van der Waals surface area contributed by atoms with Gasteiger partial charge in [-0.25, -0.2) is 9.98 Å². The van der Waals surface area contributed by atoms with Crippen LogP contribution in [0.4, 0.5) is 5.69 Å². The Morgan fingerprint density at radius 1 is 1.00 bits per heavy atom. The fraction of sp³-hybridized carbons (Fsp3) is 0.190. The van der Waals surface area contributed by atoms with E-state index in [4.69, 9.17) is 9.41 Å². The smallest absolute Gasteiger partial charge is 0.216 e. The van der Waals surface area contributed by atoms with E-state index in [2.05, 4.69) is 18.8 Å². The average molecular weight is 330 g/mol. The Morgan fingerprint density at radius 2 is 1.68 bits per heavy atom. The zero-order valence-corrected chi connectivity index (χ0v) is 14.2. The van der Waals surface area contributed by atoms with Crippen LogP contribution < -0.4 is 0 Å². The van der Waals surface area contributed by atoms with Crippen LogP contribution in [-0.4, -0.2) is 16.5 Å². The number of carbonyl (C=O) groups excluding carboxylic acids is 1. The van der Waals surface area contributed by atoms with Gasteiger partial charge in [0.2, 0.25) is 5.78 Å². The van der Waals surface area contributed by atoms with Crippen molar-refractivity contribution in [1.82, 2.24) is 4.98 Å². The highest BCUT2D eigenvalue weighted by molar-refractivity contribution is 6.28. The molecule has 4 heteroatoms. The molecule has 3 aromatic rings. The van der Waals surface area contributed by atoms with E-state index in [1.807, 2.05) is 54.6 Å². The Hall–Kier alpha value is -3.01. The summed E-state index contributed by atoms with van der Waals surface area (Å²) in [5.41, 5.74) is 3.25. The third-order valence-electron chi connectivity index (χ3n) is 4.11. The molecule has 0 unspecified atom stereocenters. The summed E-state index contributed by atoms with van der Waals surface area (Å²) in [6.45, 7) is 4.19.